The van der Waals surface area contributed by atoms with Crippen LogP contribution in [0.1, 0.15) is 11.1 Å². The number of nitrogens with two attached hydrogens (primary N) is 1. The average Bonchev–Trinajstić information content (AvgIpc) is 2.48. The second-order valence-electron chi connectivity index (χ2n) is 4.17. The first-order chi connectivity index (χ1) is 10.0. The lowest BCUT2D eigenvalue weighted by Crippen LogP contribution is -2.12. The number of oxime groups is 1. The summed E-state index contributed by atoms with van der Waals surface area (Å²) >= 11 is 6.00. The molecule has 2 aromatic carbocycles. The van der Waals surface area contributed by atoms with Crippen LogP contribution < -0.4 is 10.5 Å². The van der Waals surface area contributed by atoms with Gasteiger partial charge in [-0.15, -0.1) is 0 Å². The van der Waals surface area contributed by atoms with E-state index in [2.05, 4.69) is 5.16 Å². The molecule has 0 saturated heterocycles. The fourth-order valence-electron chi connectivity index (χ4n) is 1.63. The summed E-state index contributed by atoms with van der Waals surface area (Å²) in [6, 6.07) is 8.05. The molecule has 0 spiro atoms. The first-order valence-corrected chi connectivity index (χ1v) is 6.23. The largest absolute Gasteiger partial charge is 0.487 e. The smallest absolute Gasteiger partial charge is 0.170 e. The minimum Gasteiger partial charge on any atom is -0.487 e. The second kappa shape index (κ2) is 6.41. The Morgan fingerprint density at radius 3 is 2.57 bits per heavy atom. The Kier molecular flexibility index (Phi) is 4.59. The molecule has 0 unspecified atom stereocenters. The van der Waals surface area contributed by atoms with Crippen LogP contribution in [0.3, 0.4) is 0 Å². The molecule has 2 aromatic rings. The van der Waals surface area contributed by atoms with E-state index in [0.29, 0.717) is 16.9 Å². The van der Waals surface area contributed by atoms with Crippen molar-refractivity contribution < 1.29 is 18.7 Å². The zero-order valence-electron chi connectivity index (χ0n) is 10.7. The van der Waals surface area contributed by atoms with E-state index in [-0.39, 0.29) is 17.5 Å². The van der Waals surface area contributed by atoms with Crippen LogP contribution in [0.2, 0.25) is 5.02 Å². The molecular weight excluding hydrogens is 302 g/mol. The van der Waals surface area contributed by atoms with Gasteiger partial charge in [-0.3, -0.25) is 0 Å². The lowest BCUT2D eigenvalue weighted by molar-refractivity contribution is 0.305. The molecule has 0 heterocycles. The van der Waals surface area contributed by atoms with Gasteiger partial charge in [-0.1, -0.05) is 22.8 Å². The van der Waals surface area contributed by atoms with Crippen LogP contribution >= 0.6 is 11.6 Å². The van der Waals surface area contributed by atoms with Gasteiger partial charge in [-0.25, -0.2) is 8.78 Å². The Labute approximate surface area is 124 Å². The highest BCUT2D eigenvalue weighted by molar-refractivity contribution is 6.32. The van der Waals surface area contributed by atoms with Gasteiger partial charge >= 0.3 is 0 Å². The van der Waals surface area contributed by atoms with Crippen LogP contribution in [0.25, 0.3) is 0 Å². The van der Waals surface area contributed by atoms with E-state index in [1.807, 2.05) is 0 Å². The number of hydrogen-bond donors (Lipinski definition) is 2. The predicted molar refractivity (Wildman–Crippen MR) is 74.7 cm³/mol. The molecule has 0 aromatic heterocycles. The van der Waals surface area contributed by atoms with Gasteiger partial charge in [-0.05, 0) is 35.9 Å². The predicted octanol–water partition coefficient (Wildman–Crippen LogP) is 3.29. The highest BCUT2D eigenvalue weighted by Crippen LogP contribution is 2.26. The quantitative estimate of drug-likeness (QED) is 0.394. The van der Waals surface area contributed by atoms with Crippen molar-refractivity contribution >= 4 is 17.4 Å². The summed E-state index contributed by atoms with van der Waals surface area (Å²) in [5.74, 6) is -1.59. The number of amidine groups is 1. The van der Waals surface area contributed by atoms with Gasteiger partial charge < -0.3 is 15.7 Å². The zero-order chi connectivity index (χ0) is 15.4. The van der Waals surface area contributed by atoms with E-state index in [9.17, 15) is 8.78 Å². The molecule has 0 aliphatic carbocycles. The fraction of sp³-hybridized carbons (Fsp3) is 0.0714. The molecule has 0 saturated carbocycles. The molecule has 110 valence electrons. The van der Waals surface area contributed by atoms with Crippen molar-refractivity contribution in [1.29, 1.82) is 0 Å². The summed E-state index contributed by atoms with van der Waals surface area (Å²) in [7, 11) is 0. The monoisotopic (exact) mass is 312 g/mol. The molecule has 3 N–H and O–H groups in total. The van der Waals surface area contributed by atoms with Crippen LogP contribution in [0.5, 0.6) is 5.75 Å². The minimum atomic E-state index is -0.940. The van der Waals surface area contributed by atoms with Gasteiger partial charge in [0.25, 0.3) is 0 Å². The van der Waals surface area contributed by atoms with E-state index >= 15 is 0 Å². The Morgan fingerprint density at radius 1 is 1.19 bits per heavy atom. The van der Waals surface area contributed by atoms with Crippen molar-refractivity contribution in [3.8, 4) is 5.75 Å². The number of ether oxygens (including phenoxy) is 1. The number of hydrogen-bond acceptors (Lipinski definition) is 3. The van der Waals surface area contributed by atoms with E-state index < -0.39 is 11.6 Å². The highest BCUT2D eigenvalue weighted by atomic mass is 35.5. The van der Waals surface area contributed by atoms with Gasteiger partial charge in [0, 0.05) is 5.56 Å². The Morgan fingerprint density at radius 2 is 1.95 bits per heavy atom. The van der Waals surface area contributed by atoms with Gasteiger partial charge in [0.1, 0.15) is 12.4 Å². The van der Waals surface area contributed by atoms with Crippen LogP contribution in [-0.4, -0.2) is 11.0 Å². The summed E-state index contributed by atoms with van der Waals surface area (Å²) in [4.78, 5) is 0. The maximum Gasteiger partial charge on any atom is 0.170 e. The molecule has 4 nitrogen and oxygen atoms in total. The number of benzene rings is 2. The molecule has 0 bridgehead atoms. The van der Waals surface area contributed by atoms with Crippen LogP contribution in [0, 0.1) is 11.6 Å². The summed E-state index contributed by atoms with van der Waals surface area (Å²) < 4.78 is 31.3. The molecule has 0 fully saturated rings. The third kappa shape index (κ3) is 3.61. The third-order valence-electron chi connectivity index (χ3n) is 2.71. The molecule has 0 atom stereocenters. The SMILES string of the molecule is N/C(=N/O)c1ccc(OCc2ccc(F)c(F)c2)c(Cl)c1. The first-order valence-electron chi connectivity index (χ1n) is 5.85. The standard InChI is InChI=1S/C14H11ClF2N2O2/c15-10-6-9(14(18)19-20)2-4-13(10)21-7-8-1-3-11(16)12(17)5-8/h1-6,20H,7H2,(H2,18,19). The van der Waals surface area contributed by atoms with Gasteiger partial charge in [0.15, 0.2) is 17.5 Å². The third-order valence-corrected chi connectivity index (χ3v) is 3.01. The van der Waals surface area contributed by atoms with Crippen molar-refractivity contribution in [1.82, 2.24) is 0 Å². The van der Waals surface area contributed by atoms with Crippen molar-refractivity contribution in [3.05, 3.63) is 64.2 Å². The van der Waals surface area contributed by atoms with Crippen molar-refractivity contribution in [2.24, 2.45) is 10.9 Å². The van der Waals surface area contributed by atoms with E-state index in [1.165, 1.54) is 18.2 Å². The number of rotatable bonds is 4. The van der Waals surface area contributed by atoms with Gasteiger partial charge in [-0.2, -0.15) is 0 Å². The van der Waals surface area contributed by atoms with Crippen LogP contribution in [-0.2, 0) is 6.61 Å². The molecule has 0 aliphatic heterocycles. The Balaban J connectivity index is 2.11. The number of nitrogens with zero attached hydrogens (tertiary/aromatic N) is 1. The molecule has 0 aliphatic rings. The summed E-state index contributed by atoms with van der Waals surface area (Å²) in [6.45, 7) is 0.0276. The molecule has 2 rings (SSSR count). The molecule has 0 radical (unpaired) electrons. The summed E-state index contributed by atoms with van der Waals surface area (Å²) in [5, 5.41) is 11.7. The van der Waals surface area contributed by atoms with E-state index in [0.717, 1.165) is 12.1 Å². The second-order valence-corrected chi connectivity index (χ2v) is 4.57. The first kappa shape index (κ1) is 15.1. The van der Waals surface area contributed by atoms with E-state index in [4.69, 9.17) is 27.3 Å². The van der Waals surface area contributed by atoms with E-state index in [1.54, 1.807) is 6.07 Å². The highest BCUT2D eigenvalue weighted by Gasteiger charge is 2.08. The summed E-state index contributed by atoms with van der Waals surface area (Å²) in [6.07, 6.45) is 0. The van der Waals surface area contributed by atoms with Crippen molar-refractivity contribution in [3.63, 3.8) is 0 Å². The molecule has 21 heavy (non-hydrogen) atoms. The summed E-state index contributed by atoms with van der Waals surface area (Å²) in [5.41, 5.74) is 6.33. The van der Waals surface area contributed by atoms with Crippen molar-refractivity contribution in [2.45, 2.75) is 6.61 Å². The maximum absolute atomic E-state index is 13.1. The Bertz CT molecular complexity index is 693. The molecular formula is C14H11ClF2N2O2. The van der Waals surface area contributed by atoms with Crippen LogP contribution in [0.15, 0.2) is 41.6 Å². The normalized spacial score (nSPS) is 11.5. The fourth-order valence-corrected chi connectivity index (χ4v) is 1.86. The minimum absolute atomic E-state index is 0.0276. The average molecular weight is 313 g/mol. The Hall–Kier alpha value is -2.34. The lowest BCUT2D eigenvalue weighted by atomic mass is 10.2. The van der Waals surface area contributed by atoms with Crippen LogP contribution in [0.4, 0.5) is 8.78 Å². The van der Waals surface area contributed by atoms with Crippen molar-refractivity contribution in [2.75, 3.05) is 0 Å². The number of halogens is 3. The topological polar surface area (TPSA) is 67.8 Å². The lowest BCUT2D eigenvalue weighted by Gasteiger charge is -2.09. The zero-order valence-corrected chi connectivity index (χ0v) is 11.4. The molecule has 7 heteroatoms. The maximum atomic E-state index is 13.1. The molecule has 0 amide bonds. The van der Waals surface area contributed by atoms with Gasteiger partial charge in [0.05, 0.1) is 5.02 Å². The van der Waals surface area contributed by atoms with Gasteiger partial charge in [0.2, 0.25) is 0 Å².